The number of carbonyl (C=O) groups excluding carboxylic acids is 1. The number of nitrogens with zero attached hydrogens (tertiary/aromatic N) is 4. The summed E-state index contributed by atoms with van der Waals surface area (Å²) in [6.07, 6.45) is 5.78. The maximum Gasteiger partial charge on any atom is 0.219 e. The maximum absolute atomic E-state index is 11.7. The average Bonchev–Trinajstić information content (AvgIpc) is 3.03. The molecule has 1 unspecified atom stereocenters. The highest BCUT2D eigenvalue weighted by Gasteiger charge is 2.25. The summed E-state index contributed by atoms with van der Waals surface area (Å²) >= 11 is 0. The van der Waals surface area contributed by atoms with Crippen molar-refractivity contribution >= 4 is 28.0 Å². The Bertz CT molecular complexity index is 856. The molecule has 6 nitrogen and oxygen atoms in total. The van der Waals surface area contributed by atoms with Crippen LogP contribution in [0.5, 0.6) is 0 Å². The summed E-state index contributed by atoms with van der Waals surface area (Å²) in [5, 5.41) is 10.5. The lowest BCUT2D eigenvalue weighted by Crippen LogP contribution is -2.37. The number of rotatable bonds is 1. The van der Waals surface area contributed by atoms with E-state index >= 15 is 0 Å². The van der Waals surface area contributed by atoms with E-state index in [9.17, 15) is 4.79 Å². The van der Waals surface area contributed by atoms with Crippen molar-refractivity contribution in [3.8, 4) is 0 Å². The number of likely N-dealkylation sites (tertiary alicyclic amines) is 1. The van der Waals surface area contributed by atoms with E-state index in [4.69, 9.17) is 0 Å². The molecule has 0 aromatic carbocycles. The van der Waals surface area contributed by atoms with Gasteiger partial charge in [-0.1, -0.05) is 0 Å². The van der Waals surface area contributed by atoms with E-state index in [2.05, 4.69) is 26.2 Å². The second-order valence-electron chi connectivity index (χ2n) is 5.84. The quantitative estimate of drug-likeness (QED) is 0.747. The molecule has 3 aromatic rings. The van der Waals surface area contributed by atoms with Crippen molar-refractivity contribution in [2.75, 3.05) is 13.1 Å². The molecule has 0 saturated carbocycles. The van der Waals surface area contributed by atoms with E-state index in [0.29, 0.717) is 11.6 Å². The van der Waals surface area contributed by atoms with E-state index in [1.54, 1.807) is 13.1 Å². The number of aromatic nitrogens is 4. The second-order valence-corrected chi connectivity index (χ2v) is 5.84. The lowest BCUT2D eigenvalue weighted by Gasteiger charge is -2.32. The van der Waals surface area contributed by atoms with Crippen molar-refractivity contribution in [2.24, 2.45) is 0 Å². The lowest BCUT2D eigenvalue weighted by molar-refractivity contribution is -0.130. The van der Waals surface area contributed by atoms with Crippen LogP contribution in [0.15, 0.2) is 24.5 Å². The lowest BCUT2D eigenvalue weighted by atomic mass is 9.88. The normalized spacial score (nSPS) is 19.0. The van der Waals surface area contributed by atoms with Gasteiger partial charge in [0.2, 0.25) is 5.91 Å². The van der Waals surface area contributed by atoms with Crippen molar-refractivity contribution in [3.63, 3.8) is 0 Å². The predicted molar refractivity (Wildman–Crippen MR) is 83.4 cm³/mol. The van der Waals surface area contributed by atoms with Crippen molar-refractivity contribution in [2.45, 2.75) is 25.7 Å². The summed E-state index contributed by atoms with van der Waals surface area (Å²) in [5.74, 6) is 0.480. The molecule has 22 heavy (non-hydrogen) atoms. The summed E-state index contributed by atoms with van der Waals surface area (Å²) in [7, 11) is 0. The zero-order valence-electron chi connectivity index (χ0n) is 12.4. The molecule has 1 aliphatic heterocycles. The van der Waals surface area contributed by atoms with Gasteiger partial charge < -0.3 is 9.88 Å². The fraction of sp³-hybridized carbons (Fsp3) is 0.375. The average molecular weight is 295 g/mol. The smallest absolute Gasteiger partial charge is 0.219 e. The van der Waals surface area contributed by atoms with Crippen LogP contribution in [-0.4, -0.2) is 44.1 Å². The molecular formula is C16H17N5O. The second kappa shape index (κ2) is 5.05. The van der Waals surface area contributed by atoms with Gasteiger partial charge in [-0.15, -0.1) is 10.2 Å². The summed E-state index contributed by atoms with van der Waals surface area (Å²) in [4.78, 5) is 21.0. The molecule has 6 heteroatoms. The maximum atomic E-state index is 11.7. The first-order valence-corrected chi connectivity index (χ1v) is 7.58. The van der Waals surface area contributed by atoms with Crippen molar-refractivity contribution in [3.05, 3.63) is 30.1 Å². The van der Waals surface area contributed by atoms with Crippen LogP contribution in [-0.2, 0) is 4.79 Å². The molecule has 4 heterocycles. The first kappa shape index (κ1) is 13.2. The minimum absolute atomic E-state index is 0.149. The zero-order chi connectivity index (χ0) is 15.1. The van der Waals surface area contributed by atoms with Crippen molar-refractivity contribution in [1.82, 2.24) is 25.1 Å². The summed E-state index contributed by atoms with van der Waals surface area (Å²) in [6.45, 7) is 3.27. The monoisotopic (exact) mass is 295 g/mol. The standard InChI is InChI=1S/C16H17N5O/c1-10(22)21-8-2-3-11(9-21)12-4-6-18-16-14(12)13-5-7-17-15(13)19-20-16/h4-7,11H,2-3,8-9H2,1H3,(H,18,20). The molecule has 1 aliphatic rings. The topological polar surface area (TPSA) is 74.8 Å². The molecule has 0 aliphatic carbocycles. The predicted octanol–water partition coefficient (Wildman–Crippen LogP) is 2.23. The largest absolute Gasteiger partial charge is 0.345 e. The van der Waals surface area contributed by atoms with Gasteiger partial charge in [-0.25, -0.2) is 4.98 Å². The number of hydrogen-bond donors (Lipinski definition) is 1. The van der Waals surface area contributed by atoms with E-state index < -0.39 is 0 Å². The van der Waals surface area contributed by atoms with Crippen molar-refractivity contribution < 1.29 is 4.79 Å². The molecule has 112 valence electrons. The van der Waals surface area contributed by atoms with E-state index in [1.165, 1.54) is 5.56 Å². The van der Waals surface area contributed by atoms with Crippen LogP contribution in [0, 0.1) is 0 Å². The molecule has 0 radical (unpaired) electrons. The van der Waals surface area contributed by atoms with Crippen molar-refractivity contribution in [1.29, 1.82) is 0 Å². The van der Waals surface area contributed by atoms with E-state index in [0.717, 1.165) is 42.4 Å². The van der Waals surface area contributed by atoms with Crippen LogP contribution in [0.3, 0.4) is 0 Å². The third-order valence-corrected chi connectivity index (χ3v) is 4.51. The fourth-order valence-corrected chi connectivity index (χ4v) is 3.42. The molecule has 1 atom stereocenters. The molecule has 4 rings (SSSR count). The van der Waals surface area contributed by atoms with Crippen LogP contribution in [0.25, 0.3) is 22.1 Å². The minimum Gasteiger partial charge on any atom is -0.345 e. The van der Waals surface area contributed by atoms with Gasteiger partial charge in [0.1, 0.15) is 0 Å². The van der Waals surface area contributed by atoms with Gasteiger partial charge in [-0.3, -0.25) is 4.79 Å². The Morgan fingerprint density at radius 2 is 2.27 bits per heavy atom. The van der Waals surface area contributed by atoms with Gasteiger partial charge in [0.25, 0.3) is 0 Å². The summed E-state index contributed by atoms with van der Waals surface area (Å²) < 4.78 is 0. The van der Waals surface area contributed by atoms with Gasteiger partial charge >= 0.3 is 0 Å². The highest BCUT2D eigenvalue weighted by atomic mass is 16.2. The first-order valence-electron chi connectivity index (χ1n) is 7.58. The highest BCUT2D eigenvalue weighted by molar-refractivity contribution is 6.03. The Balaban J connectivity index is 1.87. The molecule has 1 amide bonds. The Labute approximate surface area is 127 Å². The molecule has 0 spiro atoms. The zero-order valence-corrected chi connectivity index (χ0v) is 12.4. The third-order valence-electron chi connectivity index (χ3n) is 4.51. The van der Waals surface area contributed by atoms with Gasteiger partial charge in [0.05, 0.1) is 0 Å². The van der Waals surface area contributed by atoms with Gasteiger partial charge in [0.15, 0.2) is 11.3 Å². The Morgan fingerprint density at radius 1 is 1.36 bits per heavy atom. The van der Waals surface area contributed by atoms with Crippen LogP contribution < -0.4 is 0 Å². The Morgan fingerprint density at radius 3 is 3.14 bits per heavy atom. The number of H-pyrrole nitrogens is 1. The van der Waals surface area contributed by atoms with E-state index in [-0.39, 0.29) is 5.91 Å². The fourth-order valence-electron chi connectivity index (χ4n) is 3.42. The summed E-state index contributed by atoms with van der Waals surface area (Å²) in [6, 6.07) is 4.08. The van der Waals surface area contributed by atoms with Crippen LogP contribution in [0.4, 0.5) is 0 Å². The minimum atomic E-state index is 0.149. The number of pyridine rings is 1. The molecule has 1 saturated heterocycles. The van der Waals surface area contributed by atoms with Gasteiger partial charge in [-0.2, -0.15) is 0 Å². The SMILES string of the molecule is CC(=O)N1CCCC(c2cc[nH]c3nnc4nccc4c23)C1. The van der Waals surface area contributed by atoms with Gasteiger partial charge in [0, 0.05) is 49.1 Å². The number of carbonyl (C=O) groups is 1. The first-order chi connectivity index (χ1) is 10.7. The number of nitrogens with one attached hydrogen (secondary N) is 1. The molecular weight excluding hydrogens is 278 g/mol. The molecule has 1 fully saturated rings. The number of hydrogen-bond acceptors (Lipinski definition) is 4. The third kappa shape index (κ3) is 2.03. The summed E-state index contributed by atoms with van der Waals surface area (Å²) in [5.41, 5.74) is 2.68. The number of piperidine rings is 1. The molecule has 1 N–H and O–H groups in total. The molecule has 0 bridgehead atoms. The van der Waals surface area contributed by atoms with Crippen LogP contribution >= 0.6 is 0 Å². The van der Waals surface area contributed by atoms with Gasteiger partial charge in [-0.05, 0) is 30.5 Å². The Kier molecular flexibility index (Phi) is 3.03. The highest BCUT2D eigenvalue weighted by Crippen LogP contribution is 2.33. The van der Waals surface area contributed by atoms with Crippen LogP contribution in [0.1, 0.15) is 31.2 Å². The number of amides is 1. The molecule has 3 aromatic heterocycles. The number of fused-ring (bicyclic) bond motifs is 3. The van der Waals surface area contributed by atoms with E-state index in [1.807, 2.05) is 17.2 Å². The Hall–Kier alpha value is -2.50. The van der Waals surface area contributed by atoms with Crippen LogP contribution in [0.2, 0.25) is 0 Å². The number of aromatic amines is 1.